The summed E-state index contributed by atoms with van der Waals surface area (Å²) < 4.78 is 19.0. The Bertz CT molecular complexity index is 996. The molecule has 1 N–H and O–H groups in total. The van der Waals surface area contributed by atoms with Crippen molar-refractivity contribution >= 4 is 34.1 Å². The summed E-state index contributed by atoms with van der Waals surface area (Å²) in [6, 6.07) is 13.6. The number of ether oxygens (including phenoxy) is 1. The second-order valence-corrected chi connectivity index (χ2v) is 8.81. The second kappa shape index (κ2) is 9.64. The highest BCUT2D eigenvalue weighted by atomic mass is 32.2. The molecule has 0 saturated heterocycles. The van der Waals surface area contributed by atoms with Gasteiger partial charge in [0.15, 0.2) is 5.66 Å². The first-order chi connectivity index (χ1) is 15.1. The number of thioether (sulfide) groups is 1. The number of anilines is 1. The molecule has 5 nitrogen and oxygen atoms in total. The summed E-state index contributed by atoms with van der Waals surface area (Å²) in [5.41, 5.74) is 1.65. The minimum atomic E-state index is -0.465. The first-order valence-corrected chi connectivity index (χ1v) is 11.6. The van der Waals surface area contributed by atoms with E-state index < -0.39 is 5.66 Å². The van der Waals surface area contributed by atoms with Gasteiger partial charge in [0, 0.05) is 11.3 Å². The van der Waals surface area contributed by atoms with E-state index in [4.69, 9.17) is 14.7 Å². The zero-order chi connectivity index (χ0) is 21.7. The molecule has 7 heteroatoms. The minimum Gasteiger partial charge on any atom is -0.497 e. The zero-order valence-corrected chi connectivity index (χ0v) is 18.4. The maximum absolute atomic E-state index is 13.9. The molecule has 4 rings (SSSR count). The topological polar surface area (TPSA) is 63.0 Å². The zero-order valence-electron chi connectivity index (χ0n) is 17.6. The fourth-order valence-electron chi connectivity index (χ4n) is 3.97. The lowest BCUT2D eigenvalue weighted by molar-refractivity contribution is -0.113. The van der Waals surface area contributed by atoms with E-state index >= 15 is 0 Å². The van der Waals surface area contributed by atoms with Crippen LogP contribution in [0.15, 0.2) is 58.5 Å². The fourth-order valence-corrected chi connectivity index (χ4v) is 4.85. The van der Waals surface area contributed by atoms with Crippen molar-refractivity contribution in [1.82, 2.24) is 0 Å². The smallest absolute Gasteiger partial charge is 0.234 e. The molecule has 2 aromatic rings. The van der Waals surface area contributed by atoms with Crippen molar-refractivity contribution < 1.29 is 13.9 Å². The number of benzene rings is 2. The molecule has 0 aromatic heterocycles. The Hall–Kier alpha value is -2.67. The molecule has 31 heavy (non-hydrogen) atoms. The van der Waals surface area contributed by atoms with Crippen LogP contribution < -0.4 is 10.1 Å². The molecule has 162 valence electrons. The van der Waals surface area contributed by atoms with Crippen LogP contribution in [-0.4, -0.2) is 35.2 Å². The molecule has 1 amide bonds. The van der Waals surface area contributed by atoms with Gasteiger partial charge in [-0.3, -0.25) is 9.79 Å². The third-order valence-corrected chi connectivity index (χ3v) is 6.51. The van der Waals surface area contributed by atoms with Crippen LogP contribution in [0.5, 0.6) is 5.75 Å². The number of halogens is 1. The number of hydrogen-bond acceptors (Lipinski definition) is 5. The van der Waals surface area contributed by atoms with Crippen molar-refractivity contribution in [1.29, 1.82) is 0 Å². The molecule has 0 unspecified atom stereocenters. The monoisotopic (exact) mass is 439 g/mol. The van der Waals surface area contributed by atoms with Gasteiger partial charge in [0.1, 0.15) is 16.6 Å². The van der Waals surface area contributed by atoms with E-state index in [1.54, 1.807) is 37.4 Å². The summed E-state index contributed by atoms with van der Waals surface area (Å²) >= 11 is 1.36. The van der Waals surface area contributed by atoms with Gasteiger partial charge < -0.3 is 10.1 Å². The van der Waals surface area contributed by atoms with Gasteiger partial charge in [-0.25, -0.2) is 9.38 Å². The largest absolute Gasteiger partial charge is 0.497 e. The van der Waals surface area contributed by atoms with Crippen LogP contribution in [0.3, 0.4) is 0 Å². The maximum atomic E-state index is 13.9. The quantitative estimate of drug-likeness (QED) is 0.673. The summed E-state index contributed by atoms with van der Waals surface area (Å²) in [6.45, 7) is 0. The van der Waals surface area contributed by atoms with Crippen molar-refractivity contribution in [3.05, 3.63) is 59.9 Å². The maximum Gasteiger partial charge on any atom is 0.234 e. The molecular formula is C24H26FN3O2S. The van der Waals surface area contributed by atoms with Crippen molar-refractivity contribution in [3.63, 3.8) is 0 Å². The van der Waals surface area contributed by atoms with E-state index in [2.05, 4.69) is 5.32 Å². The normalized spacial score (nSPS) is 17.6. The highest BCUT2D eigenvalue weighted by molar-refractivity contribution is 8.16. The summed E-state index contributed by atoms with van der Waals surface area (Å²) in [6.07, 6.45) is 6.34. The molecule has 1 aliphatic carbocycles. The van der Waals surface area contributed by atoms with Crippen LogP contribution in [0.25, 0.3) is 0 Å². The standard InChI is InChI=1S/C24H26FN3O2S/c1-30-20-11-9-19(10-12-20)26-21(29)16-31-23-22(17-7-6-8-18(25)15-17)27-24(28-23)13-4-2-3-5-14-24/h6-12,15H,2-5,13-14,16H2,1H3,(H,26,29). The first kappa shape index (κ1) is 21.6. The summed E-state index contributed by atoms with van der Waals surface area (Å²) in [4.78, 5) is 22.5. The van der Waals surface area contributed by atoms with Gasteiger partial charge in [-0.2, -0.15) is 0 Å². The molecule has 1 heterocycles. The van der Waals surface area contributed by atoms with Crippen LogP contribution in [0.1, 0.15) is 44.1 Å². The van der Waals surface area contributed by atoms with Gasteiger partial charge in [0.05, 0.1) is 18.6 Å². The molecule has 1 saturated carbocycles. The van der Waals surface area contributed by atoms with Crippen LogP contribution in [0, 0.1) is 5.82 Å². The third-order valence-electron chi connectivity index (χ3n) is 5.55. The number of nitrogens with zero attached hydrogens (tertiary/aromatic N) is 2. The minimum absolute atomic E-state index is 0.127. The molecule has 1 spiro atoms. The molecule has 0 radical (unpaired) electrons. The Kier molecular flexibility index (Phi) is 6.70. The predicted molar refractivity (Wildman–Crippen MR) is 125 cm³/mol. The number of amides is 1. The van der Waals surface area contributed by atoms with Crippen LogP contribution in [-0.2, 0) is 4.79 Å². The molecular weight excluding hydrogens is 413 g/mol. The van der Waals surface area contributed by atoms with Gasteiger partial charge in [-0.15, -0.1) is 0 Å². The van der Waals surface area contributed by atoms with Gasteiger partial charge in [-0.1, -0.05) is 36.7 Å². The fraction of sp³-hybridized carbons (Fsp3) is 0.375. The van der Waals surface area contributed by atoms with Gasteiger partial charge in [0.25, 0.3) is 0 Å². The SMILES string of the molecule is COc1ccc(NC(=O)CSC2=NC3(CCCCCC3)N=C2c2cccc(F)c2)cc1. The lowest BCUT2D eigenvalue weighted by Gasteiger charge is -2.20. The Labute approximate surface area is 186 Å². The van der Waals surface area contributed by atoms with Crippen molar-refractivity contribution in [2.75, 3.05) is 18.2 Å². The van der Waals surface area contributed by atoms with Crippen LogP contribution in [0.4, 0.5) is 10.1 Å². The highest BCUT2D eigenvalue weighted by Gasteiger charge is 2.37. The number of nitrogens with one attached hydrogen (secondary N) is 1. The highest BCUT2D eigenvalue weighted by Crippen LogP contribution is 2.38. The molecule has 2 aliphatic rings. The number of carbonyl (C=O) groups excluding carboxylic acids is 1. The van der Waals surface area contributed by atoms with E-state index in [0.29, 0.717) is 17.0 Å². The van der Waals surface area contributed by atoms with E-state index in [1.165, 1.54) is 36.7 Å². The lowest BCUT2D eigenvalue weighted by Crippen LogP contribution is -2.20. The van der Waals surface area contributed by atoms with E-state index in [-0.39, 0.29) is 17.5 Å². The number of rotatable bonds is 5. The number of hydrogen-bond donors (Lipinski definition) is 1. The van der Waals surface area contributed by atoms with E-state index in [0.717, 1.165) is 36.5 Å². The van der Waals surface area contributed by atoms with Gasteiger partial charge in [0.2, 0.25) is 5.91 Å². The molecule has 0 atom stereocenters. The number of methoxy groups -OCH3 is 1. The predicted octanol–water partition coefficient (Wildman–Crippen LogP) is 5.46. The van der Waals surface area contributed by atoms with Gasteiger partial charge >= 0.3 is 0 Å². The molecule has 2 aromatic carbocycles. The number of carbonyl (C=O) groups is 1. The lowest BCUT2D eigenvalue weighted by atomic mass is 10.0. The summed E-state index contributed by atoms with van der Waals surface area (Å²) in [5, 5.41) is 3.61. The number of aliphatic imine (C=N–C) groups is 2. The Balaban J connectivity index is 1.50. The average molecular weight is 440 g/mol. The summed E-state index contributed by atoms with van der Waals surface area (Å²) in [5.74, 6) is 0.508. The van der Waals surface area contributed by atoms with Gasteiger partial charge in [-0.05, 0) is 62.1 Å². The second-order valence-electron chi connectivity index (χ2n) is 7.85. The first-order valence-electron chi connectivity index (χ1n) is 10.6. The van der Waals surface area contributed by atoms with Crippen molar-refractivity contribution in [3.8, 4) is 5.75 Å². The molecule has 1 aliphatic heterocycles. The van der Waals surface area contributed by atoms with Crippen LogP contribution in [0.2, 0.25) is 0 Å². The van der Waals surface area contributed by atoms with Crippen molar-refractivity contribution in [2.24, 2.45) is 9.98 Å². The van der Waals surface area contributed by atoms with Crippen LogP contribution >= 0.6 is 11.8 Å². The van der Waals surface area contributed by atoms with Crippen molar-refractivity contribution in [2.45, 2.75) is 44.2 Å². The van der Waals surface area contributed by atoms with E-state index in [9.17, 15) is 9.18 Å². The Morgan fingerprint density at radius 3 is 2.52 bits per heavy atom. The molecule has 1 fully saturated rings. The molecule has 0 bridgehead atoms. The van der Waals surface area contributed by atoms with E-state index in [1.807, 2.05) is 6.07 Å². The third kappa shape index (κ3) is 5.34. The summed E-state index contributed by atoms with van der Waals surface area (Å²) in [7, 11) is 1.60. The Morgan fingerprint density at radius 1 is 1.10 bits per heavy atom. The Morgan fingerprint density at radius 2 is 1.84 bits per heavy atom. The average Bonchev–Trinajstić information content (AvgIpc) is 2.97.